The van der Waals surface area contributed by atoms with Crippen molar-refractivity contribution in [1.29, 1.82) is 0 Å². The van der Waals surface area contributed by atoms with Gasteiger partial charge in [0.05, 0.1) is 38.9 Å². The number of aliphatic hydroxyl groups is 2. The fraction of sp³-hybridized carbons (Fsp3) is 0.350. The van der Waals surface area contributed by atoms with Gasteiger partial charge in [-0.15, -0.1) is 0 Å². The molecule has 0 aromatic carbocycles. The maximum atomic E-state index is 9.96. The second kappa shape index (κ2) is 6.12. The van der Waals surface area contributed by atoms with Crippen molar-refractivity contribution in [1.82, 2.24) is 0 Å². The van der Waals surface area contributed by atoms with Crippen LogP contribution < -0.4 is 0 Å². The lowest BCUT2D eigenvalue weighted by atomic mass is 9.83. The molecule has 4 aliphatic rings. The monoisotopic (exact) mass is 356 g/mol. The second-order valence-corrected chi connectivity index (χ2v) is 6.52. The third kappa shape index (κ3) is 2.29. The zero-order chi connectivity index (χ0) is 18.4. The lowest BCUT2D eigenvalue weighted by Gasteiger charge is -2.30. The Kier molecular flexibility index (Phi) is 3.90. The molecule has 1 atom stereocenters. The number of fused-ring (bicyclic) bond motifs is 4. The summed E-state index contributed by atoms with van der Waals surface area (Å²) in [6.45, 7) is 0.686. The number of rotatable bonds is 3. The van der Waals surface area contributed by atoms with Crippen LogP contribution in [0.25, 0.3) is 0 Å². The highest BCUT2D eigenvalue weighted by molar-refractivity contribution is 5.97. The van der Waals surface area contributed by atoms with Crippen LogP contribution in [0.4, 0.5) is 0 Å². The van der Waals surface area contributed by atoms with Gasteiger partial charge in [-0.1, -0.05) is 0 Å². The van der Waals surface area contributed by atoms with E-state index in [-0.39, 0.29) is 17.4 Å². The molecule has 0 fully saturated rings. The van der Waals surface area contributed by atoms with E-state index in [4.69, 9.17) is 14.2 Å². The molecule has 0 bridgehead atoms. The highest BCUT2D eigenvalue weighted by atomic mass is 16.5. The summed E-state index contributed by atoms with van der Waals surface area (Å²) in [4.78, 5) is 0. The van der Waals surface area contributed by atoms with Crippen LogP contribution in [0.1, 0.15) is 12.8 Å². The first-order valence-electron chi connectivity index (χ1n) is 8.55. The third-order valence-electron chi connectivity index (χ3n) is 5.24. The van der Waals surface area contributed by atoms with Crippen molar-refractivity contribution in [3.05, 3.63) is 69.9 Å². The number of aliphatic hydroxyl groups excluding tert-OH is 2. The predicted octanol–water partition coefficient (Wildman–Crippen LogP) is 2.99. The number of hydrogen-bond donors (Lipinski definition) is 2. The molecule has 6 heteroatoms. The van der Waals surface area contributed by atoms with Crippen LogP contribution in [0.2, 0.25) is 0 Å². The molecule has 4 rings (SSSR count). The quantitative estimate of drug-likeness (QED) is 0.761. The van der Waals surface area contributed by atoms with E-state index in [2.05, 4.69) is 16.7 Å². The van der Waals surface area contributed by atoms with E-state index < -0.39 is 0 Å². The molecule has 0 amide bonds. The molecule has 2 aliphatic carbocycles. The standard InChI is InChI=1S/C20H21NO5/c1-24-17-9-12-6-7-21-13(18(12)20(26-3)19(17)25-2)5-4-11-8-15(22)16(23)10-14(11)21/h5-6,8,10-11,22H,4,7,9H2,1-3H3/p+1/t11-/m0/s1. The zero-order valence-corrected chi connectivity index (χ0v) is 15.1. The Hall–Kier alpha value is -2.89. The van der Waals surface area contributed by atoms with Gasteiger partial charge in [0.15, 0.2) is 35.3 Å². The molecule has 2 N–H and O–H groups in total. The molecule has 136 valence electrons. The average molecular weight is 356 g/mol. The summed E-state index contributed by atoms with van der Waals surface area (Å²) < 4.78 is 18.9. The van der Waals surface area contributed by atoms with Crippen LogP contribution >= 0.6 is 0 Å². The summed E-state index contributed by atoms with van der Waals surface area (Å²) in [5.74, 6) is 1.89. The Morgan fingerprint density at radius 1 is 1.00 bits per heavy atom. The fourth-order valence-corrected chi connectivity index (χ4v) is 4.03. The van der Waals surface area contributed by atoms with Crippen molar-refractivity contribution < 1.29 is 29.0 Å². The minimum Gasteiger partial charge on any atom is -0.504 e. The highest BCUT2D eigenvalue weighted by Crippen LogP contribution is 2.43. The first-order chi connectivity index (χ1) is 12.6. The zero-order valence-electron chi connectivity index (χ0n) is 15.1. The van der Waals surface area contributed by atoms with Gasteiger partial charge < -0.3 is 24.4 Å². The van der Waals surface area contributed by atoms with Crippen LogP contribution in [0.15, 0.2) is 69.9 Å². The van der Waals surface area contributed by atoms with Gasteiger partial charge in [-0.25, -0.2) is 0 Å². The SMILES string of the molecule is COC1=C(OC)C(OC)=C2C(=CC[N+]3=C4C=C(O)C(O)=C[C@@H]4CC=C23)C1. The summed E-state index contributed by atoms with van der Waals surface area (Å²) >= 11 is 0. The van der Waals surface area contributed by atoms with Gasteiger partial charge >= 0.3 is 0 Å². The summed E-state index contributed by atoms with van der Waals surface area (Å²) in [5, 5.41) is 19.8. The molecule has 0 unspecified atom stereocenters. The van der Waals surface area contributed by atoms with Crippen LogP contribution in [0.5, 0.6) is 0 Å². The molecule has 0 saturated carbocycles. The van der Waals surface area contributed by atoms with Crippen molar-refractivity contribution in [2.45, 2.75) is 12.8 Å². The topological polar surface area (TPSA) is 71.2 Å². The minimum absolute atomic E-state index is 0.0479. The number of allylic oxidation sites excluding steroid dienone is 5. The molecule has 26 heavy (non-hydrogen) atoms. The molecule has 0 saturated heterocycles. The van der Waals surface area contributed by atoms with Gasteiger partial charge in [0.2, 0.25) is 5.70 Å². The van der Waals surface area contributed by atoms with Gasteiger partial charge in [-0.3, -0.25) is 0 Å². The van der Waals surface area contributed by atoms with Crippen LogP contribution in [-0.2, 0) is 14.2 Å². The molecule has 0 spiro atoms. The Morgan fingerprint density at radius 3 is 2.46 bits per heavy atom. The number of hydrogen-bond acceptors (Lipinski definition) is 5. The minimum atomic E-state index is -0.101. The van der Waals surface area contributed by atoms with Crippen molar-refractivity contribution >= 4 is 5.71 Å². The van der Waals surface area contributed by atoms with Gasteiger partial charge in [-0.2, -0.15) is 4.58 Å². The lowest BCUT2D eigenvalue weighted by molar-refractivity contribution is -0.468. The largest absolute Gasteiger partial charge is 0.504 e. The summed E-state index contributed by atoms with van der Waals surface area (Å²) in [5.41, 5.74) is 4.14. The maximum Gasteiger partial charge on any atom is 0.213 e. The van der Waals surface area contributed by atoms with E-state index in [1.54, 1.807) is 33.5 Å². The lowest BCUT2D eigenvalue weighted by Crippen LogP contribution is -2.35. The molecule has 2 heterocycles. The second-order valence-electron chi connectivity index (χ2n) is 6.52. The maximum absolute atomic E-state index is 9.96. The number of nitrogens with zero attached hydrogens (tertiary/aromatic N) is 1. The van der Waals surface area contributed by atoms with E-state index in [9.17, 15) is 10.2 Å². The van der Waals surface area contributed by atoms with E-state index in [0.29, 0.717) is 24.5 Å². The molecular weight excluding hydrogens is 334 g/mol. The first kappa shape index (κ1) is 16.6. The van der Waals surface area contributed by atoms with Gasteiger partial charge in [0, 0.05) is 6.42 Å². The molecule has 0 aromatic rings. The van der Waals surface area contributed by atoms with Gasteiger partial charge in [0.1, 0.15) is 5.76 Å². The van der Waals surface area contributed by atoms with Crippen molar-refractivity contribution in [3.63, 3.8) is 0 Å². The molecule has 0 aromatic heterocycles. The number of methoxy groups -OCH3 is 3. The Morgan fingerprint density at radius 2 is 1.77 bits per heavy atom. The molecule has 6 nitrogen and oxygen atoms in total. The van der Waals surface area contributed by atoms with Crippen molar-refractivity contribution in [3.8, 4) is 0 Å². The molecular formula is C20H22NO5+. The highest BCUT2D eigenvalue weighted by Gasteiger charge is 2.42. The van der Waals surface area contributed by atoms with Gasteiger partial charge in [-0.05, 0) is 30.2 Å². The average Bonchev–Trinajstić information content (AvgIpc) is 2.66. The van der Waals surface area contributed by atoms with Crippen molar-refractivity contribution in [2.75, 3.05) is 27.9 Å². The summed E-state index contributed by atoms with van der Waals surface area (Å²) in [7, 11) is 4.87. The Labute approximate surface area is 152 Å². The normalized spacial score (nSPS) is 24.7. The molecule has 0 radical (unpaired) electrons. The fourth-order valence-electron chi connectivity index (χ4n) is 4.03. The van der Waals surface area contributed by atoms with Crippen LogP contribution in [0, 0.1) is 5.92 Å². The van der Waals surface area contributed by atoms with E-state index >= 15 is 0 Å². The Balaban J connectivity index is 1.90. The van der Waals surface area contributed by atoms with Gasteiger partial charge in [0.25, 0.3) is 0 Å². The Bertz CT molecular complexity index is 895. The van der Waals surface area contributed by atoms with Crippen LogP contribution in [0.3, 0.4) is 0 Å². The molecule has 2 aliphatic heterocycles. The van der Waals surface area contributed by atoms with Crippen LogP contribution in [-0.4, -0.2) is 48.4 Å². The number of ether oxygens (including phenoxy) is 3. The third-order valence-corrected chi connectivity index (χ3v) is 5.24. The smallest absolute Gasteiger partial charge is 0.213 e. The van der Waals surface area contributed by atoms with E-state index in [1.807, 2.05) is 0 Å². The van der Waals surface area contributed by atoms with E-state index in [1.165, 1.54) is 0 Å². The van der Waals surface area contributed by atoms with Crippen molar-refractivity contribution in [2.24, 2.45) is 5.92 Å². The first-order valence-corrected chi connectivity index (χ1v) is 8.55. The predicted molar refractivity (Wildman–Crippen MR) is 95.5 cm³/mol. The van der Waals surface area contributed by atoms with E-state index in [0.717, 1.165) is 34.7 Å². The summed E-state index contributed by atoms with van der Waals surface area (Å²) in [6.07, 6.45) is 9.04. The summed E-state index contributed by atoms with van der Waals surface area (Å²) in [6, 6.07) is 0.